The van der Waals surface area contributed by atoms with Gasteiger partial charge in [0.2, 0.25) is 0 Å². The van der Waals surface area contributed by atoms with Crippen molar-refractivity contribution in [2.24, 2.45) is 0 Å². The maximum atomic E-state index is 11.7. The van der Waals surface area contributed by atoms with Crippen molar-refractivity contribution in [3.05, 3.63) is 59.7 Å². The fourth-order valence-electron chi connectivity index (χ4n) is 2.48. The van der Waals surface area contributed by atoms with Gasteiger partial charge in [0.05, 0.1) is 21.6 Å². The summed E-state index contributed by atoms with van der Waals surface area (Å²) in [5.74, 6) is 0. The van der Waals surface area contributed by atoms with Gasteiger partial charge in [-0.2, -0.15) is 0 Å². The molecule has 0 fully saturated rings. The molecule has 0 aromatic heterocycles. The molecule has 0 heterocycles. The first-order valence-electron chi connectivity index (χ1n) is 7.83. The number of hydrogen-bond donors (Lipinski definition) is 2. The predicted octanol–water partition coefficient (Wildman–Crippen LogP) is 2.04. The lowest BCUT2D eigenvalue weighted by molar-refractivity contribution is 0.604. The summed E-state index contributed by atoms with van der Waals surface area (Å²) < 4.78 is 23.4. The second kappa shape index (κ2) is 9.84. The zero-order chi connectivity index (χ0) is 17.4. The monoisotopic (exact) mass is 364 g/mol. The molecule has 0 aliphatic rings. The Morgan fingerprint density at radius 1 is 0.708 bits per heavy atom. The van der Waals surface area contributed by atoms with Crippen molar-refractivity contribution < 1.29 is 8.42 Å². The van der Waals surface area contributed by atoms with Gasteiger partial charge in [0, 0.05) is 48.5 Å². The molecule has 0 spiro atoms. The van der Waals surface area contributed by atoms with Crippen molar-refractivity contribution >= 4 is 21.6 Å². The molecule has 2 unspecified atom stereocenters. The van der Waals surface area contributed by atoms with Crippen molar-refractivity contribution in [2.75, 3.05) is 25.6 Å². The van der Waals surface area contributed by atoms with Gasteiger partial charge in [0.25, 0.3) is 0 Å². The van der Waals surface area contributed by atoms with Crippen LogP contribution in [-0.2, 0) is 34.7 Å². The summed E-state index contributed by atoms with van der Waals surface area (Å²) >= 11 is 0. The van der Waals surface area contributed by atoms with E-state index in [2.05, 4.69) is 10.6 Å². The van der Waals surface area contributed by atoms with Crippen molar-refractivity contribution in [1.82, 2.24) is 10.6 Å². The van der Waals surface area contributed by atoms with Gasteiger partial charge in [-0.15, -0.1) is 0 Å². The molecule has 6 heteroatoms. The number of benzene rings is 2. The number of hydrogen-bond acceptors (Lipinski definition) is 4. The molecule has 0 radical (unpaired) electrons. The molecule has 0 saturated carbocycles. The van der Waals surface area contributed by atoms with Crippen LogP contribution in [0.5, 0.6) is 0 Å². The van der Waals surface area contributed by atoms with Gasteiger partial charge < -0.3 is 10.6 Å². The number of rotatable bonds is 9. The van der Waals surface area contributed by atoms with Gasteiger partial charge in [0.1, 0.15) is 0 Å². The summed E-state index contributed by atoms with van der Waals surface area (Å²) in [4.78, 5) is 1.77. The Morgan fingerprint density at radius 2 is 1.08 bits per heavy atom. The maximum Gasteiger partial charge on any atom is 0.0501 e. The third-order valence-corrected chi connectivity index (χ3v) is 5.71. The summed E-state index contributed by atoms with van der Waals surface area (Å²) in [5, 5.41) is 6.73. The van der Waals surface area contributed by atoms with Crippen LogP contribution in [0.2, 0.25) is 0 Å². The maximum absolute atomic E-state index is 11.7. The molecule has 2 atom stereocenters. The Labute approximate surface area is 149 Å². The Bertz CT molecular complexity index is 658. The summed E-state index contributed by atoms with van der Waals surface area (Å²) in [5.41, 5.74) is 2.15. The van der Waals surface area contributed by atoms with E-state index >= 15 is 0 Å². The van der Waals surface area contributed by atoms with Crippen molar-refractivity contribution in [1.29, 1.82) is 0 Å². The van der Waals surface area contributed by atoms with Crippen LogP contribution in [0.15, 0.2) is 58.3 Å². The normalized spacial score (nSPS) is 13.6. The van der Waals surface area contributed by atoms with Crippen LogP contribution < -0.4 is 10.6 Å². The van der Waals surface area contributed by atoms with Gasteiger partial charge in [-0.25, -0.2) is 0 Å². The quantitative estimate of drug-likeness (QED) is 0.669. The molecule has 4 nitrogen and oxygen atoms in total. The van der Waals surface area contributed by atoms with E-state index in [4.69, 9.17) is 0 Å². The Morgan fingerprint density at radius 3 is 1.46 bits per heavy atom. The molecule has 0 amide bonds. The van der Waals surface area contributed by atoms with E-state index in [0.717, 1.165) is 34.0 Å². The van der Waals surface area contributed by atoms with E-state index < -0.39 is 21.6 Å². The highest BCUT2D eigenvalue weighted by atomic mass is 32.2. The van der Waals surface area contributed by atoms with E-state index in [9.17, 15) is 8.42 Å². The Kier molecular flexibility index (Phi) is 7.78. The molecular weight excluding hydrogens is 340 g/mol. The van der Waals surface area contributed by atoms with Gasteiger partial charge in [-0.05, 0) is 23.3 Å². The molecule has 2 N–H and O–H groups in total. The highest BCUT2D eigenvalue weighted by molar-refractivity contribution is 7.84. The Balaban J connectivity index is 1.75. The van der Waals surface area contributed by atoms with E-state index in [1.807, 2.05) is 48.5 Å². The molecule has 2 rings (SSSR count). The van der Waals surface area contributed by atoms with Crippen LogP contribution >= 0.6 is 0 Å². The molecular formula is C18H24N2O2S2. The fourth-order valence-corrected chi connectivity index (χ4v) is 4.04. The molecule has 0 aliphatic carbocycles. The lowest BCUT2D eigenvalue weighted by atomic mass is 10.2. The SMILES string of the molecule is CS(=O)c1ccccc1CNCCNCc1ccccc1S(C)=O. The molecule has 0 saturated heterocycles. The highest BCUT2D eigenvalue weighted by Gasteiger charge is 2.05. The summed E-state index contributed by atoms with van der Waals surface area (Å²) in [7, 11) is -1.93. The number of nitrogens with one attached hydrogen (secondary N) is 2. The average molecular weight is 365 g/mol. The molecule has 24 heavy (non-hydrogen) atoms. The fraction of sp³-hybridized carbons (Fsp3) is 0.333. The molecule has 0 aliphatic heterocycles. The van der Waals surface area contributed by atoms with Crippen LogP contribution in [0.3, 0.4) is 0 Å². The first-order valence-corrected chi connectivity index (χ1v) is 11.0. The summed E-state index contributed by atoms with van der Waals surface area (Å²) in [6.45, 7) is 3.02. The third kappa shape index (κ3) is 5.63. The standard InChI is InChI=1S/C18H24N2O2S2/c1-23(21)17-9-5-3-7-15(17)13-19-11-12-20-14-16-8-4-6-10-18(16)24(2)22/h3-10,19-20H,11-14H2,1-2H3. The van der Waals surface area contributed by atoms with Crippen LogP contribution in [0, 0.1) is 0 Å². The first-order chi connectivity index (χ1) is 11.6. The molecule has 2 aromatic carbocycles. The van der Waals surface area contributed by atoms with Gasteiger partial charge in [-0.3, -0.25) is 8.42 Å². The zero-order valence-electron chi connectivity index (χ0n) is 14.1. The van der Waals surface area contributed by atoms with E-state index in [1.165, 1.54) is 0 Å². The second-order valence-corrected chi connectivity index (χ2v) is 8.17. The van der Waals surface area contributed by atoms with Gasteiger partial charge in [-0.1, -0.05) is 36.4 Å². The molecule has 0 bridgehead atoms. The predicted molar refractivity (Wildman–Crippen MR) is 101 cm³/mol. The topological polar surface area (TPSA) is 58.2 Å². The summed E-state index contributed by atoms with van der Waals surface area (Å²) in [6, 6.07) is 15.6. The van der Waals surface area contributed by atoms with Crippen LogP contribution in [0.4, 0.5) is 0 Å². The van der Waals surface area contributed by atoms with Gasteiger partial charge in [0.15, 0.2) is 0 Å². The first kappa shape index (κ1) is 19.0. The second-order valence-electron chi connectivity index (χ2n) is 5.48. The minimum absolute atomic E-state index is 0.701. The van der Waals surface area contributed by atoms with Crippen molar-refractivity contribution in [2.45, 2.75) is 22.9 Å². The minimum Gasteiger partial charge on any atom is -0.311 e. The van der Waals surface area contributed by atoms with Gasteiger partial charge >= 0.3 is 0 Å². The van der Waals surface area contributed by atoms with Crippen LogP contribution in [0.25, 0.3) is 0 Å². The summed E-state index contributed by atoms with van der Waals surface area (Å²) in [6.07, 6.45) is 3.41. The third-order valence-electron chi connectivity index (χ3n) is 3.67. The molecule has 130 valence electrons. The van der Waals surface area contributed by atoms with Crippen LogP contribution in [-0.4, -0.2) is 34.0 Å². The smallest absolute Gasteiger partial charge is 0.0501 e. The average Bonchev–Trinajstić information content (AvgIpc) is 2.58. The lowest BCUT2D eigenvalue weighted by Gasteiger charge is -2.11. The minimum atomic E-state index is -0.966. The zero-order valence-corrected chi connectivity index (χ0v) is 15.7. The van der Waals surface area contributed by atoms with Crippen molar-refractivity contribution in [3.8, 4) is 0 Å². The van der Waals surface area contributed by atoms with Crippen LogP contribution in [0.1, 0.15) is 11.1 Å². The highest BCUT2D eigenvalue weighted by Crippen LogP contribution is 2.12. The van der Waals surface area contributed by atoms with E-state index in [1.54, 1.807) is 12.5 Å². The molecule has 2 aromatic rings. The lowest BCUT2D eigenvalue weighted by Crippen LogP contribution is -2.27. The van der Waals surface area contributed by atoms with Crippen molar-refractivity contribution in [3.63, 3.8) is 0 Å². The largest absolute Gasteiger partial charge is 0.311 e. The van der Waals surface area contributed by atoms with E-state index in [0.29, 0.717) is 13.1 Å². The Hall–Kier alpha value is -1.34. The van der Waals surface area contributed by atoms with E-state index in [-0.39, 0.29) is 0 Å².